The van der Waals surface area contributed by atoms with E-state index in [0.29, 0.717) is 30.2 Å². The minimum atomic E-state index is -0.308. The molecule has 1 aromatic heterocycles. The highest BCUT2D eigenvalue weighted by atomic mass is 32.1. The highest BCUT2D eigenvalue weighted by Crippen LogP contribution is 2.32. The molecule has 6 heteroatoms. The van der Waals surface area contributed by atoms with Gasteiger partial charge in [-0.25, -0.2) is 9.37 Å². The molecule has 0 aliphatic rings. The van der Waals surface area contributed by atoms with E-state index in [2.05, 4.69) is 10.3 Å². The minimum absolute atomic E-state index is 0.308. The SMILES string of the molecule is COCCNc1nc(-c2cc(F)ccc2OC)cs1. The molecule has 0 spiro atoms. The number of hydrogen-bond donors (Lipinski definition) is 1. The molecule has 0 radical (unpaired) electrons. The topological polar surface area (TPSA) is 43.4 Å². The van der Waals surface area contributed by atoms with Gasteiger partial charge < -0.3 is 14.8 Å². The summed E-state index contributed by atoms with van der Waals surface area (Å²) in [6.45, 7) is 1.29. The van der Waals surface area contributed by atoms with Gasteiger partial charge in [0.2, 0.25) is 0 Å². The van der Waals surface area contributed by atoms with Crippen molar-refractivity contribution in [2.75, 3.05) is 32.7 Å². The number of anilines is 1. The molecule has 0 atom stereocenters. The predicted octanol–water partition coefficient (Wildman–Crippen LogP) is 3.02. The number of halogens is 1. The van der Waals surface area contributed by atoms with Gasteiger partial charge in [-0.1, -0.05) is 0 Å². The van der Waals surface area contributed by atoms with Crippen LogP contribution in [-0.2, 0) is 4.74 Å². The largest absolute Gasteiger partial charge is 0.496 e. The van der Waals surface area contributed by atoms with Crippen LogP contribution in [0.15, 0.2) is 23.6 Å². The zero-order valence-corrected chi connectivity index (χ0v) is 11.6. The van der Waals surface area contributed by atoms with Crippen molar-refractivity contribution in [2.45, 2.75) is 0 Å². The van der Waals surface area contributed by atoms with E-state index >= 15 is 0 Å². The van der Waals surface area contributed by atoms with Gasteiger partial charge in [-0.05, 0) is 18.2 Å². The molecule has 0 saturated heterocycles. The lowest BCUT2D eigenvalue weighted by molar-refractivity contribution is 0.211. The van der Waals surface area contributed by atoms with E-state index < -0.39 is 0 Å². The molecular weight excluding hydrogens is 267 g/mol. The number of methoxy groups -OCH3 is 2. The second-order valence-electron chi connectivity index (χ2n) is 3.80. The summed E-state index contributed by atoms with van der Waals surface area (Å²) in [5, 5.41) is 5.78. The number of nitrogens with one attached hydrogen (secondary N) is 1. The van der Waals surface area contributed by atoms with Gasteiger partial charge in [0.05, 0.1) is 19.4 Å². The Hall–Kier alpha value is -1.66. The number of thiazole rings is 1. The first kappa shape index (κ1) is 13.8. The summed E-state index contributed by atoms with van der Waals surface area (Å²) in [4.78, 5) is 4.41. The smallest absolute Gasteiger partial charge is 0.183 e. The first-order valence-electron chi connectivity index (χ1n) is 5.77. The Kier molecular flexibility index (Phi) is 4.70. The Bertz CT molecular complexity index is 545. The summed E-state index contributed by atoms with van der Waals surface area (Å²) < 4.78 is 23.5. The standard InChI is InChI=1S/C13H15FN2O2S/c1-17-6-5-15-13-16-11(8-19-13)10-7-9(14)3-4-12(10)18-2/h3-4,7-8H,5-6H2,1-2H3,(H,15,16). The van der Waals surface area contributed by atoms with Crippen LogP contribution in [0, 0.1) is 5.82 Å². The van der Waals surface area contributed by atoms with E-state index in [9.17, 15) is 4.39 Å². The van der Waals surface area contributed by atoms with Crippen LogP contribution in [0.4, 0.5) is 9.52 Å². The number of aromatic nitrogens is 1. The second-order valence-corrected chi connectivity index (χ2v) is 4.66. The molecule has 2 rings (SSSR count). The van der Waals surface area contributed by atoms with Crippen LogP contribution in [-0.4, -0.2) is 32.4 Å². The normalized spacial score (nSPS) is 10.5. The van der Waals surface area contributed by atoms with Crippen molar-refractivity contribution in [3.05, 3.63) is 29.4 Å². The second kappa shape index (κ2) is 6.49. The third-order valence-corrected chi connectivity index (χ3v) is 3.32. The highest BCUT2D eigenvalue weighted by molar-refractivity contribution is 7.14. The number of nitrogens with zero attached hydrogens (tertiary/aromatic N) is 1. The van der Waals surface area contributed by atoms with Gasteiger partial charge in [0.1, 0.15) is 11.6 Å². The molecule has 2 aromatic rings. The first-order valence-corrected chi connectivity index (χ1v) is 6.65. The van der Waals surface area contributed by atoms with Crippen LogP contribution in [0.25, 0.3) is 11.3 Å². The Morgan fingerprint density at radius 1 is 1.37 bits per heavy atom. The predicted molar refractivity (Wildman–Crippen MR) is 74.4 cm³/mol. The molecule has 1 aromatic carbocycles. The monoisotopic (exact) mass is 282 g/mol. The quantitative estimate of drug-likeness (QED) is 0.827. The summed E-state index contributed by atoms with van der Waals surface area (Å²) in [7, 11) is 3.20. The highest BCUT2D eigenvalue weighted by Gasteiger charge is 2.11. The van der Waals surface area contributed by atoms with E-state index in [0.717, 1.165) is 5.13 Å². The van der Waals surface area contributed by atoms with Gasteiger partial charge in [0, 0.05) is 24.6 Å². The third-order valence-electron chi connectivity index (χ3n) is 2.52. The third kappa shape index (κ3) is 3.42. The van der Waals surface area contributed by atoms with E-state index in [-0.39, 0.29) is 5.82 Å². The maximum Gasteiger partial charge on any atom is 0.183 e. The number of hydrogen-bond acceptors (Lipinski definition) is 5. The fraction of sp³-hybridized carbons (Fsp3) is 0.308. The molecule has 1 heterocycles. The molecule has 0 fully saturated rings. The van der Waals surface area contributed by atoms with Gasteiger partial charge >= 0.3 is 0 Å². The zero-order chi connectivity index (χ0) is 13.7. The maximum atomic E-state index is 13.3. The van der Waals surface area contributed by atoms with Crippen LogP contribution in [0.5, 0.6) is 5.75 Å². The van der Waals surface area contributed by atoms with Crippen LogP contribution < -0.4 is 10.1 Å². The van der Waals surface area contributed by atoms with Gasteiger partial charge in [-0.3, -0.25) is 0 Å². The van der Waals surface area contributed by atoms with E-state index in [1.165, 1.54) is 23.5 Å². The van der Waals surface area contributed by atoms with Crippen LogP contribution in [0.3, 0.4) is 0 Å². The molecule has 0 unspecified atom stereocenters. The molecular formula is C13H15FN2O2S. The van der Waals surface area contributed by atoms with Crippen LogP contribution in [0.2, 0.25) is 0 Å². The Morgan fingerprint density at radius 3 is 2.95 bits per heavy atom. The van der Waals surface area contributed by atoms with Crippen molar-refractivity contribution >= 4 is 16.5 Å². The lowest BCUT2D eigenvalue weighted by Gasteiger charge is -2.06. The molecule has 0 bridgehead atoms. The molecule has 0 amide bonds. The number of ether oxygens (including phenoxy) is 2. The Balaban J connectivity index is 2.20. The first-order chi connectivity index (χ1) is 9.24. The van der Waals surface area contributed by atoms with Gasteiger partial charge in [-0.15, -0.1) is 11.3 Å². The lowest BCUT2D eigenvalue weighted by atomic mass is 10.1. The molecule has 102 valence electrons. The number of rotatable bonds is 6. The van der Waals surface area contributed by atoms with E-state index in [1.807, 2.05) is 5.38 Å². The average Bonchev–Trinajstić information content (AvgIpc) is 2.88. The molecule has 19 heavy (non-hydrogen) atoms. The van der Waals surface area contributed by atoms with Crippen molar-refractivity contribution in [1.82, 2.24) is 4.98 Å². The summed E-state index contributed by atoms with van der Waals surface area (Å²) in [5.41, 5.74) is 1.35. The molecule has 1 N–H and O–H groups in total. The van der Waals surface area contributed by atoms with Crippen molar-refractivity contribution in [3.63, 3.8) is 0 Å². The van der Waals surface area contributed by atoms with Crippen LogP contribution >= 0.6 is 11.3 Å². The van der Waals surface area contributed by atoms with Crippen LogP contribution in [0.1, 0.15) is 0 Å². The van der Waals surface area contributed by atoms with Gasteiger partial charge in [0.25, 0.3) is 0 Å². The molecule has 0 aliphatic carbocycles. The van der Waals surface area contributed by atoms with Crippen molar-refractivity contribution in [1.29, 1.82) is 0 Å². The van der Waals surface area contributed by atoms with Gasteiger partial charge in [0.15, 0.2) is 5.13 Å². The summed E-state index contributed by atoms with van der Waals surface area (Å²) >= 11 is 1.46. The van der Waals surface area contributed by atoms with Crippen molar-refractivity contribution in [2.24, 2.45) is 0 Å². The lowest BCUT2D eigenvalue weighted by Crippen LogP contribution is -2.07. The maximum absolute atomic E-state index is 13.3. The minimum Gasteiger partial charge on any atom is -0.496 e. The fourth-order valence-corrected chi connectivity index (χ4v) is 2.36. The summed E-state index contributed by atoms with van der Waals surface area (Å²) in [5.74, 6) is 0.299. The van der Waals surface area contributed by atoms with Crippen molar-refractivity contribution in [3.8, 4) is 17.0 Å². The average molecular weight is 282 g/mol. The summed E-state index contributed by atoms with van der Waals surface area (Å²) in [6, 6.07) is 4.39. The zero-order valence-electron chi connectivity index (χ0n) is 10.8. The van der Waals surface area contributed by atoms with E-state index in [1.54, 1.807) is 20.3 Å². The Labute approximate surface area is 115 Å². The van der Waals surface area contributed by atoms with Gasteiger partial charge in [-0.2, -0.15) is 0 Å². The van der Waals surface area contributed by atoms with Crippen molar-refractivity contribution < 1.29 is 13.9 Å². The number of benzene rings is 1. The molecule has 0 saturated carbocycles. The summed E-state index contributed by atoms with van der Waals surface area (Å²) in [6.07, 6.45) is 0. The van der Waals surface area contributed by atoms with E-state index in [4.69, 9.17) is 9.47 Å². The Morgan fingerprint density at radius 2 is 2.21 bits per heavy atom. The molecule has 4 nitrogen and oxygen atoms in total. The fourth-order valence-electron chi connectivity index (χ4n) is 1.62. The molecule has 0 aliphatic heterocycles.